The highest BCUT2D eigenvalue weighted by molar-refractivity contribution is 5.73. The number of nitrogens with zero attached hydrogens (tertiary/aromatic N) is 1. The van der Waals surface area contributed by atoms with Crippen molar-refractivity contribution in [3.8, 4) is 22.4 Å². The SMILES string of the molecule is CC(C)Cc1cccc(-c2ccc3c(c2)-c2cccc[n+]2CC3)c1. The Morgan fingerprint density at radius 1 is 0.917 bits per heavy atom. The molecule has 0 amide bonds. The average Bonchev–Trinajstić information content (AvgIpc) is 2.61. The number of hydrogen-bond acceptors (Lipinski definition) is 0. The highest BCUT2D eigenvalue weighted by atomic mass is 15.0. The van der Waals surface area contributed by atoms with Crippen molar-refractivity contribution < 1.29 is 4.57 Å². The summed E-state index contributed by atoms with van der Waals surface area (Å²) in [6.45, 7) is 5.63. The predicted molar refractivity (Wildman–Crippen MR) is 99.8 cm³/mol. The number of rotatable bonds is 3. The third-order valence-corrected chi connectivity index (χ3v) is 4.85. The number of aromatic nitrogens is 1. The summed E-state index contributed by atoms with van der Waals surface area (Å²) < 4.78 is 2.36. The molecule has 1 heteroatoms. The molecule has 1 aromatic heterocycles. The van der Waals surface area contributed by atoms with E-state index >= 15 is 0 Å². The second-order valence-electron chi connectivity index (χ2n) is 7.20. The number of pyridine rings is 1. The van der Waals surface area contributed by atoms with E-state index in [0.29, 0.717) is 5.92 Å². The van der Waals surface area contributed by atoms with Crippen LogP contribution in [0.2, 0.25) is 0 Å². The first kappa shape index (κ1) is 15.1. The molecule has 0 saturated carbocycles. The molecule has 0 saturated heterocycles. The van der Waals surface area contributed by atoms with E-state index in [1.165, 1.54) is 33.5 Å². The van der Waals surface area contributed by atoms with Gasteiger partial charge in [-0.05, 0) is 46.7 Å². The van der Waals surface area contributed by atoms with Crippen LogP contribution in [-0.2, 0) is 19.4 Å². The van der Waals surface area contributed by atoms with E-state index < -0.39 is 0 Å². The minimum Gasteiger partial charge on any atom is -0.198 e. The van der Waals surface area contributed by atoms with E-state index in [1.54, 1.807) is 0 Å². The highest BCUT2D eigenvalue weighted by Crippen LogP contribution is 2.31. The first-order valence-electron chi connectivity index (χ1n) is 8.92. The van der Waals surface area contributed by atoms with Crippen molar-refractivity contribution in [1.82, 2.24) is 0 Å². The highest BCUT2D eigenvalue weighted by Gasteiger charge is 2.22. The Balaban J connectivity index is 1.77. The van der Waals surface area contributed by atoms with Crippen LogP contribution in [0.25, 0.3) is 22.4 Å². The molecule has 2 aromatic carbocycles. The predicted octanol–water partition coefficient (Wildman–Crippen LogP) is 5.06. The second-order valence-corrected chi connectivity index (χ2v) is 7.20. The fourth-order valence-electron chi connectivity index (χ4n) is 3.72. The van der Waals surface area contributed by atoms with Gasteiger partial charge in [0.15, 0.2) is 12.7 Å². The monoisotopic (exact) mass is 314 g/mol. The van der Waals surface area contributed by atoms with Crippen LogP contribution in [0.3, 0.4) is 0 Å². The molecule has 0 spiro atoms. The van der Waals surface area contributed by atoms with Crippen LogP contribution in [0.5, 0.6) is 0 Å². The number of aryl methyl sites for hydroxylation is 2. The van der Waals surface area contributed by atoms with Gasteiger partial charge in [-0.25, -0.2) is 0 Å². The molecule has 0 bridgehead atoms. The van der Waals surface area contributed by atoms with Gasteiger partial charge in [-0.1, -0.05) is 50.2 Å². The van der Waals surface area contributed by atoms with E-state index in [4.69, 9.17) is 0 Å². The standard InChI is InChI=1S/C23H24N/c1-17(2)14-18-6-5-7-20(15-18)21-10-9-19-11-13-24-12-4-3-8-23(24)22(19)16-21/h3-10,12,15-17H,11,13-14H2,1-2H3/q+1. The lowest BCUT2D eigenvalue weighted by molar-refractivity contribution is -0.687. The van der Waals surface area contributed by atoms with Crippen LogP contribution in [0.15, 0.2) is 66.9 Å². The van der Waals surface area contributed by atoms with Crippen LogP contribution < -0.4 is 4.57 Å². The van der Waals surface area contributed by atoms with Crippen molar-refractivity contribution in [2.45, 2.75) is 33.2 Å². The van der Waals surface area contributed by atoms with E-state index in [2.05, 4.69) is 85.3 Å². The Labute approximate surface area is 144 Å². The minimum atomic E-state index is 0.687. The van der Waals surface area contributed by atoms with Crippen molar-refractivity contribution in [3.63, 3.8) is 0 Å². The summed E-state index contributed by atoms with van der Waals surface area (Å²) in [4.78, 5) is 0. The van der Waals surface area contributed by atoms with Crippen LogP contribution >= 0.6 is 0 Å². The van der Waals surface area contributed by atoms with Gasteiger partial charge in [0.25, 0.3) is 0 Å². The maximum Gasteiger partial charge on any atom is 0.212 e. The lowest BCUT2D eigenvalue weighted by Crippen LogP contribution is -2.39. The Morgan fingerprint density at radius 3 is 2.67 bits per heavy atom. The number of fused-ring (bicyclic) bond motifs is 3. The quantitative estimate of drug-likeness (QED) is 0.595. The van der Waals surface area contributed by atoms with Crippen LogP contribution in [0.1, 0.15) is 25.0 Å². The second kappa shape index (κ2) is 6.24. The summed E-state index contributed by atoms with van der Waals surface area (Å²) in [5.74, 6) is 0.687. The van der Waals surface area contributed by atoms with Gasteiger partial charge in [0.2, 0.25) is 5.69 Å². The van der Waals surface area contributed by atoms with Gasteiger partial charge < -0.3 is 0 Å². The van der Waals surface area contributed by atoms with Gasteiger partial charge in [-0.2, -0.15) is 4.57 Å². The van der Waals surface area contributed by atoms with Gasteiger partial charge in [0.1, 0.15) is 0 Å². The van der Waals surface area contributed by atoms with E-state index in [9.17, 15) is 0 Å². The summed E-state index contributed by atoms with van der Waals surface area (Å²) >= 11 is 0. The number of hydrogen-bond donors (Lipinski definition) is 0. The molecule has 0 aliphatic carbocycles. The Bertz CT molecular complexity index is 877. The van der Waals surface area contributed by atoms with E-state index in [1.807, 2.05) is 0 Å². The summed E-state index contributed by atoms with van der Waals surface area (Å²) in [5.41, 5.74) is 8.24. The molecule has 3 aromatic rings. The van der Waals surface area contributed by atoms with Crippen LogP contribution in [0.4, 0.5) is 0 Å². The van der Waals surface area contributed by atoms with Crippen molar-refractivity contribution in [1.29, 1.82) is 0 Å². The third kappa shape index (κ3) is 2.87. The summed E-state index contributed by atoms with van der Waals surface area (Å²) in [5, 5.41) is 0. The summed E-state index contributed by atoms with van der Waals surface area (Å²) in [7, 11) is 0. The maximum absolute atomic E-state index is 2.37. The minimum absolute atomic E-state index is 0.687. The van der Waals surface area contributed by atoms with Gasteiger partial charge in [0.05, 0.1) is 5.56 Å². The molecule has 1 aliphatic rings. The lowest BCUT2D eigenvalue weighted by Gasteiger charge is -2.16. The molecule has 0 unspecified atom stereocenters. The first-order chi connectivity index (χ1) is 11.7. The smallest absolute Gasteiger partial charge is 0.198 e. The molecule has 1 aliphatic heterocycles. The molecule has 0 radical (unpaired) electrons. The normalized spacial score (nSPS) is 12.8. The molecule has 1 nitrogen and oxygen atoms in total. The van der Waals surface area contributed by atoms with Gasteiger partial charge >= 0.3 is 0 Å². The summed E-state index contributed by atoms with van der Waals surface area (Å²) in [6.07, 6.45) is 4.44. The molecule has 0 N–H and O–H groups in total. The molecular weight excluding hydrogens is 290 g/mol. The maximum atomic E-state index is 2.37. The van der Waals surface area contributed by atoms with Crippen molar-refractivity contribution in [2.24, 2.45) is 5.92 Å². The van der Waals surface area contributed by atoms with Gasteiger partial charge in [-0.3, -0.25) is 0 Å². The first-order valence-corrected chi connectivity index (χ1v) is 8.92. The Morgan fingerprint density at radius 2 is 1.79 bits per heavy atom. The molecule has 24 heavy (non-hydrogen) atoms. The molecule has 2 heterocycles. The van der Waals surface area contributed by atoms with Crippen molar-refractivity contribution in [2.75, 3.05) is 0 Å². The van der Waals surface area contributed by atoms with E-state index in [-0.39, 0.29) is 0 Å². The topological polar surface area (TPSA) is 3.88 Å². The largest absolute Gasteiger partial charge is 0.212 e. The Kier molecular flexibility index (Phi) is 3.93. The zero-order chi connectivity index (χ0) is 16.5. The van der Waals surface area contributed by atoms with Gasteiger partial charge in [-0.15, -0.1) is 0 Å². The fraction of sp³-hybridized carbons (Fsp3) is 0.261. The van der Waals surface area contributed by atoms with Gasteiger partial charge in [0, 0.05) is 18.6 Å². The lowest BCUT2D eigenvalue weighted by atomic mass is 9.92. The van der Waals surface area contributed by atoms with E-state index in [0.717, 1.165) is 19.4 Å². The fourth-order valence-corrected chi connectivity index (χ4v) is 3.72. The Hall–Kier alpha value is -2.41. The third-order valence-electron chi connectivity index (χ3n) is 4.85. The molecular formula is C23H24N+. The molecule has 0 fully saturated rings. The van der Waals surface area contributed by atoms with Crippen molar-refractivity contribution >= 4 is 0 Å². The molecule has 4 rings (SSSR count). The number of benzene rings is 2. The van der Waals surface area contributed by atoms with Crippen LogP contribution in [0, 0.1) is 5.92 Å². The summed E-state index contributed by atoms with van der Waals surface area (Å²) in [6, 6.07) is 22.5. The average molecular weight is 314 g/mol. The van der Waals surface area contributed by atoms with Crippen LogP contribution in [-0.4, -0.2) is 0 Å². The zero-order valence-electron chi connectivity index (χ0n) is 14.5. The van der Waals surface area contributed by atoms with Crippen molar-refractivity contribution in [3.05, 3.63) is 78.0 Å². The zero-order valence-corrected chi connectivity index (χ0v) is 14.5. The molecule has 0 atom stereocenters. The molecule has 120 valence electrons.